The van der Waals surface area contributed by atoms with E-state index in [2.05, 4.69) is 0 Å². The lowest BCUT2D eigenvalue weighted by atomic mass is 10.00. The van der Waals surface area contributed by atoms with Gasteiger partial charge in [-0.25, -0.2) is 0 Å². The second-order valence-corrected chi connectivity index (χ2v) is 3.70. The van der Waals surface area contributed by atoms with Crippen molar-refractivity contribution in [2.45, 2.75) is 18.4 Å². The quantitative estimate of drug-likeness (QED) is 0.701. The monoisotopic (exact) mass is 263 g/mol. The first-order valence-corrected chi connectivity index (χ1v) is 5.05. The molecule has 2 atom stereocenters. The Morgan fingerprint density at radius 3 is 2.44 bits per heavy atom. The molecule has 0 aliphatic heterocycles. The summed E-state index contributed by atoms with van der Waals surface area (Å²) in [6.45, 7) is -0.251. The molecule has 0 aliphatic carbocycles. The molecule has 0 fully saturated rings. The zero-order valence-electron chi connectivity index (χ0n) is 9.19. The summed E-state index contributed by atoms with van der Waals surface area (Å²) in [6, 6.07) is 4.37. The molecule has 1 rings (SSSR count). The number of aliphatic hydroxyl groups excluding tert-OH is 2. The predicted molar refractivity (Wildman–Crippen MR) is 56.8 cm³/mol. The molecule has 100 valence electrons. The van der Waals surface area contributed by atoms with E-state index in [1.54, 1.807) is 0 Å². The molecule has 0 aliphatic rings. The molecule has 0 saturated heterocycles. The molecule has 0 bridgehead atoms. The number of hydrogen-bond acceptors (Lipinski definition) is 4. The van der Waals surface area contributed by atoms with Gasteiger partial charge in [0, 0.05) is 12.1 Å². The predicted octanol–water partition coefficient (Wildman–Crippen LogP) is 0.785. The van der Waals surface area contributed by atoms with Crippen molar-refractivity contribution < 1.29 is 28.2 Å². The minimum atomic E-state index is -4.98. The van der Waals surface area contributed by atoms with Gasteiger partial charge in [-0.2, -0.15) is 13.2 Å². The molecule has 0 aromatic heterocycles. The van der Waals surface area contributed by atoms with Crippen LogP contribution in [0.3, 0.4) is 0 Å². The van der Waals surface area contributed by atoms with Gasteiger partial charge < -0.3 is 15.9 Å². The van der Waals surface area contributed by atoms with E-state index in [4.69, 9.17) is 5.73 Å². The summed E-state index contributed by atoms with van der Waals surface area (Å²) in [5.74, 6) is -2.00. The van der Waals surface area contributed by atoms with Crippen molar-refractivity contribution in [2.24, 2.45) is 5.73 Å². The fraction of sp³-hybridized carbons (Fsp3) is 0.364. The van der Waals surface area contributed by atoms with Crippen molar-refractivity contribution in [3.05, 3.63) is 35.4 Å². The van der Waals surface area contributed by atoms with Gasteiger partial charge in [0.05, 0.1) is 6.10 Å². The van der Waals surface area contributed by atoms with E-state index in [9.17, 15) is 28.2 Å². The highest BCUT2D eigenvalue weighted by atomic mass is 19.4. The highest BCUT2D eigenvalue weighted by Crippen LogP contribution is 2.24. The molecule has 7 heteroatoms. The summed E-state index contributed by atoms with van der Waals surface area (Å²) in [7, 11) is 0. The molecular formula is C11H12F3NO3. The summed E-state index contributed by atoms with van der Waals surface area (Å²) in [5, 5.41) is 18.9. The third-order valence-corrected chi connectivity index (χ3v) is 2.35. The number of nitrogens with two attached hydrogens (primary N) is 1. The van der Waals surface area contributed by atoms with E-state index in [0.29, 0.717) is 0 Å². The molecule has 1 aromatic carbocycles. The topological polar surface area (TPSA) is 83.6 Å². The van der Waals surface area contributed by atoms with Crippen LogP contribution in [-0.4, -0.2) is 34.8 Å². The molecule has 2 unspecified atom stereocenters. The smallest absolute Gasteiger partial charge is 0.389 e. The van der Waals surface area contributed by atoms with E-state index in [1.165, 1.54) is 12.1 Å². The van der Waals surface area contributed by atoms with Crippen molar-refractivity contribution in [1.29, 1.82) is 0 Å². The number of Topliss-reactive ketones (excluding diaryl/α,β-unsaturated/α-hetero) is 1. The largest absolute Gasteiger partial charge is 0.454 e. The van der Waals surface area contributed by atoms with Crippen LogP contribution in [0.15, 0.2) is 24.3 Å². The highest BCUT2D eigenvalue weighted by Gasteiger charge is 2.39. The van der Waals surface area contributed by atoms with Crippen LogP contribution in [0.4, 0.5) is 13.2 Å². The van der Waals surface area contributed by atoms with Crippen LogP contribution in [0.25, 0.3) is 0 Å². The lowest BCUT2D eigenvalue weighted by Crippen LogP contribution is -2.27. The van der Waals surface area contributed by atoms with Crippen LogP contribution in [0.2, 0.25) is 0 Å². The molecule has 0 amide bonds. The van der Waals surface area contributed by atoms with Crippen LogP contribution in [0.5, 0.6) is 0 Å². The van der Waals surface area contributed by atoms with Crippen LogP contribution in [0, 0.1) is 0 Å². The Hall–Kier alpha value is -1.44. The Labute approximate surface area is 101 Å². The Balaban J connectivity index is 3.03. The lowest BCUT2D eigenvalue weighted by molar-refractivity contribution is -0.0885. The van der Waals surface area contributed by atoms with E-state index in [-0.39, 0.29) is 12.1 Å². The molecule has 1 aromatic rings. The van der Waals surface area contributed by atoms with Gasteiger partial charge in [-0.15, -0.1) is 0 Å². The van der Waals surface area contributed by atoms with Gasteiger partial charge in [0.25, 0.3) is 5.78 Å². The van der Waals surface area contributed by atoms with Crippen molar-refractivity contribution in [2.75, 3.05) is 6.54 Å². The Kier molecular flexibility index (Phi) is 4.44. The number of aliphatic hydroxyl groups is 2. The molecule has 0 spiro atoms. The number of carbonyl (C=O) groups is 1. The standard InChI is InChI=1S/C11H12F3NO3/c12-11(13,14)10(18)7-3-1-2-6(4-7)9(17)8(16)5-15/h1-4,8-9,16-17H,5,15H2. The minimum absolute atomic E-state index is 0.00282. The molecule has 0 saturated carbocycles. The fourth-order valence-corrected chi connectivity index (χ4v) is 1.38. The summed E-state index contributed by atoms with van der Waals surface area (Å²) in [6.07, 6.45) is -7.71. The van der Waals surface area contributed by atoms with Gasteiger partial charge in [0.1, 0.15) is 6.10 Å². The lowest BCUT2D eigenvalue weighted by Gasteiger charge is -2.17. The molecular weight excluding hydrogens is 251 g/mol. The van der Waals surface area contributed by atoms with Crippen LogP contribution in [0.1, 0.15) is 22.0 Å². The van der Waals surface area contributed by atoms with Gasteiger partial charge in [0.15, 0.2) is 0 Å². The van der Waals surface area contributed by atoms with Gasteiger partial charge in [0.2, 0.25) is 0 Å². The van der Waals surface area contributed by atoms with E-state index in [0.717, 1.165) is 12.1 Å². The Morgan fingerprint density at radius 1 is 1.33 bits per heavy atom. The number of ketones is 1. The minimum Gasteiger partial charge on any atom is -0.389 e. The second-order valence-electron chi connectivity index (χ2n) is 3.70. The van der Waals surface area contributed by atoms with Crippen molar-refractivity contribution in [3.8, 4) is 0 Å². The first-order chi connectivity index (χ1) is 8.27. The average molecular weight is 263 g/mol. The van der Waals surface area contributed by atoms with Gasteiger partial charge in [-0.3, -0.25) is 4.79 Å². The Bertz CT molecular complexity index is 434. The molecule has 4 nitrogen and oxygen atoms in total. The van der Waals surface area contributed by atoms with Crippen LogP contribution >= 0.6 is 0 Å². The maximum Gasteiger partial charge on any atom is 0.454 e. The summed E-state index contributed by atoms with van der Waals surface area (Å²) in [4.78, 5) is 11.0. The summed E-state index contributed by atoms with van der Waals surface area (Å²) >= 11 is 0. The number of halogens is 3. The van der Waals surface area contributed by atoms with E-state index in [1.807, 2.05) is 0 Å². The first kappa shape index (κ1) is 14.6. The summed E-state index contributed by atoms with van der Waals surface area (Å²) < 4.78 is 36.6. The highest BCUT2D eigenvalue weighted by molar-refractivity contribution is 6.00. The number of alkyl halides is 3. The first-order valence-electron chi connectivity index (χ1n) is 5.05. The van der Waals surface area contributed by atoms with Gasteiger partial charge in [-0.05, 0) is 11.6 Å². The molecule has 0 radical (unpaired) electrons. The van der Waals surface area contributed by atoms with Crippen molar-refractivity contribution in [3.63, 3.8) is 0 Å². The van der Waals surface area contributed by atoms with E-state index >= 15 is 0 Å². The zero-order valence-corrected chi connectivity index (χ0v) is 9.19. The van der Waals surface area contributed by atoms with Gasteiger partial charge >= 0.3 is 6.18 Å². The third kappa shape index (κ3) is 3.28. The number of carbonyl (C=O) groups excluding carboxylic acids is 1. The molecule has 18 heavy (non-hydrogen) atoms. The maximum atomic E-state index is 12.2. The Morgan fingerprint density at radius 2 is 1.94 bits per heavy atom. The maximum absolute atomic E-state index is 12.2. The fourth-order valence-electron chi connectivity index (χ4n) is 1.38. The van der Waals surface area contributed by atoms with E-state index < -0.39 is 29.7 Å². The normalized spacial score (nSPS) is 15.2. The number of rotatable bonds is 4. The van der Waals surface area contributed by atoms with Crippen LogP contribution < -0.4 is 5.73 Å². The van der Waals surface area contributed by atoms with Crippen molar-refractivity contribution in [1.82, 2.24) is 0 Å². The average Bonchev–Trinajstić information content (AvgIpc) is 2.35. The molecule has 0 heterocycles. The third-order valence-electron chi connectivity index (χ3n) is 2.35. The SMILES string of the molecule is NCC(O)C(O)c1cccc(C(=O)C(F)(F)F)c1. The zero-order chi connectivity index (χ0) is 13.9. The molecule has 4 N–H and O–H groups in total. The second kappa shape index (κ2) is 5.47. The number of benzene rings is 1. The van der Waals surface area contributed by atoms with Crippen molar-refractivity contribution >= 4 is 5.78 Å². The van der Waals surface area contributed by atoms with Gasteiger partial charge in [-0.1, -0.05) is 18.2 Å². The summed E-state index contributed by atoms with van der Waals surface area (Å²) in [5.41, 5.74) is 4.53. The van der Waals surface area contributed by atoms with Crippen LogP contribution in [-0.2, 0) is 0 Å². The number of hydrogen-bond donors (Lipinski definition) is 3.